The van der Waals surface area contributed by atoms with Gasteiger partial charge in [-0.15, -0.1) is 0 Å². The summed E-state index contributed by atoms with van der Waals surface area (Å²) in [4.78, 5) is 11.7. The first-order valence-electron chi connectivity index (χ1n) is 5.77. The van der Waals surface area contributed by atoms with Crippen LogP contribution >= 0.6 is 11.6 Å². The topological polar surface area (TPSA) is 119 Å². The summed E-state index contributed by atoms with van der Waals surface area (Å²) in [5.74, 6) is 0.0615. The SMILES string of the molecule is Nc1nc(Cl)nc2c1ncn2[C@@H]1O[C@H](CO)[C@@H](O)C1F. The maximum absolute atomic E-state index is 14.1. The number of rotatable bonds is 2. The minimum atomic E-state index is -1.74. The molecule has 2 aromatic rings. The number of ether oxygens (including phenoxy) is 1. The Bertz CT molecular complexity index is 653. The molecule has 0 saturated carbocycles. The molecule has 8 nitrogen and oxygen atoms in total. The summed E-state index contributed by atoms with van der Waals surface area (Å²) in [7, 11) is 0. The van der Waals surface area contributed by atoms with Crippen molar-refractivity contribution in [2.75, 3.05) is 12.3 Å². The molecule has 4 atom stereocenters. The van der Waals surface area contributed by atoms with Crippen LogP contribution in [0.5, 0.6) is 0 Å². The summed E-state index contributed by atoms with van der Waals surface area (Å²) in [6.45, 7) is -0.497. The number of aromatic nitrogens is 4. The standard InChI is InChI=1S/C10H11ClFN5O3/c11-10-15-7(13)5-8(16-10)17(2-14-5)9-4(12)6(19)3(1-18)20-9/h2-4,6,9,18-19H,1H2,(H2,13,15,16)/t3-,4?,6-,9-/m1/s1. The number of nitrogen functional groups attached to an aromatic ring is 1. The molecule has 3 rings (SSSR count). The Morgan fingerprint density at radius 2 is 2.25 bits per heavy atom. The van der Waals surface area contributed by atoms with E-state index in [1.54, 1.807) is 0 Å². The molecule has 0 amide bonds. The quantitative estimate of drug-likeness (QED) is 0.649. The molecule has 1 fully saturated rings. The van der Waals surface area contributed by atoms with Crippen molar-refractivity contribution >= 4 is 28.6 Å². The number of alkyl halides is 1. The van der Waals surface area contributed by atoms with Crippen LogP contribution in [0.4, 0.5) is 10.2 Å². The van der Waals surface area contributed by atoms with Crippen LogP contribution in [-0.2, 0) is 4.74 Å². The van der Waals surface area contributed by atoms with Crippen molar-refractivity contribution in [1.29, 1.82) is 0 Å². The summed E-state index contributed by atoms with van der Waals surface area (Å²) >= 11 is 5.71. The van der Waals surface area contributed by atoms with Gasteiger partial charge in [0.1, 0.15) is 17.7 Å². The predicted molar refractivity (Wildman–Crippen MR) is 66.6 cm³/mol. The fourth-order valence-electron chi connectivity index (χ4n) is 2.18. The van der Waals surface area contributed by atoms with Crippen molar-refractivity contribution in [3.63, 3.8) is 0 Å². The van der Waals surface area contributed by atoms with Gasteiger partial charge in [0.05, 0.1) is 12.9 Å². The zero-order valence-corrected chi connectivity index (χ0v) is 10.8. The molecular formula is C10H11ClFN5O3. The molecule has 1 saturated heterocycles. The molecule has 2 aromatic heterocycles. The van der Waals surface area contributed by atoms with Gasteiger partial charge in [0.2, 0.25) is 5.28 Å². The van der Waals surface area contributed by atoms with E-state index in [2.05, 4.69) is 15.0 Å². The van der Waals surface area contributed by atoms with Crippen LogP contribution in [0.25, 0.3) is 11.2 Å². The maximum atomic E-state index is 14.1. The third-order valence-electron chi connectivity index (χ3n) is 3.17. The predicted octanol–water partition coefficient (Wildman–Crippen LogP) is -0.349. The van der Waals surface area contributed by atoms with Crippen molar-refractivity contribution in [1.82, 2.24) is 19.5 Å². The molecule has 0 aliphatic carbocycles. The first-order valence-corrected chi connectivity index (χ1v) is 6.14. The number of halogens is 2. The van der Waals surface area contributed by atoms with E-state index in [4.69, 9.17) is 27.2 Å². The number of imidazole rings is 1. The van der Waals surface area contributed by atoms with Crippen molar-refractivity contribution in [2.24, 2.45) is 0 Å². The molecule has 10 heteroatoms. The second-order valence-electron chi connectivity index (χ2n) is 4.38. The molecule has 4 N–H and O–H groups in total. The van der Waals surface area contributed by atoms with Gasteiger partial charge in [-0.1, -0.05) is 0 Å². The molecule has 0 spiro atoms. The molecule has 1 unspecified atom stereocenters. The number of hydrogen-bond acceptors (Lipinski definition) is 7. The summed E-state index contributed by atoms with van der Waals surface area (Å²) in [5.41, 5.74) is 6.10. The highest BCUT2D eigenvalue weighted by atomic mass is 35.5. The van der Waals surface area contributed by atoms with Gasteiger partial charge in [-0.05, 0) is 11.6 Å². The first-order chi connectivity index (χ1) is 9.52. The van der Waals surface area contributed by atoms with Gasteiger partial charge in [-0.3, -0.25) is 4.57 Å². The molecule has 0 radical (unpaired) electrons. The Hall–Kier alpha value is -1.55. The monoisotopic (exact) mass is 303 g/mol. The van der Waals surface area contributed by atoms with Crippen molar-refractivity contribution in [3.05, 3.63) is 11.6 Å². The summed E-state index contributed by atoms with van der Waals surface area (Å²) < 4.78 is 20.6. The molecular weight excluding hydrogens is 293 g/mol. The van der Waals surface area contributed by atoms with E-state index in [1.807, 2.05) is 0 Å². The molecule has 0 bridgehead atoms. The van der Waals surface area contributed by atoms with Gasteiger partial charge in [0.25, 0.3) is 0 Å². The maximum Gasteiger partial charge on any atom is 0.226 e. The van der Waals surface area contributed by atoms with Crippen LogP contribution in [0, 0.1) is 0 Å². The lowest BCUT2D eigenvalue weighted by Crippen LogP contribution is -2.30. The van der Waals surface area contributed by atoms with E-state index in [1.165, 1.54) is 10.9 Å². The molecule has 1 aliphatic heterocycles. The van der Waals surface area contributed by atoms with E-state index in [9.17, 15) is 9.50 Å². The second-order valence-corrected chi connectivity index (χ2v) is 4.72. The smallest absolute Gasteiger partial charge is 0.226 e. The average Bonchev–Trinajstić information content (AvgIpc) is 2.93. The number of anilines is 1. The highest BCUT2D eigenvalue weighted by molar-refractivity contribution is 6.28. The minimum Gasteiger partial charge on any atom is -0.394 e. The zero-order chi connectivity index (χ0) is 14.4. The lowest BCUT2D eigenvalue weighted by molar-refractivity contribution is -0.0459. The third kappa shape index (κ3) is 1.90. The molecule has 20 heavy (non-hydrogen) atoms. The number of nitrogens with zero attached hydrogens (tertiary/aromatic N) is 4. The Kier molecular flexibility index (Phi) is 3.21. The van der Waals surface area contributed by atoms with Gasteiger partial charge >= 0.3 is 0 Å². The van der Waals surface area contributed by atoms with Gasteiger partial charge < -0.3 is 20.7 Å². The number of fused-ring (bicyclic) bond motifs is 1. The number of aliphatic hydroxyl groups is 2. The summed E-state index contributed by atoms with van der Waals surface area (Å²) in [5, 5.41) is 18.6. The van der Waals surface area contributed by atoms with Crippen LogP contribution in [-0.4, -0.2) is 54.7 Å². The Morgan fingerprint density at radius 3 is 2.90 bits per heavy atom. The van der Waals surface area contributed by atoms with Gasteiger partial charge in [0, 0.05) is 0 Å². The lowest BCUT2D eigenvalue weighted by Gasteiger charge is -2.15. The lowest BCUT2D eigenvalue weighted by atomic mass is 10.1. The van der Waals surface area contributed by atoms with E-state index in [0.717, 1.165) is 0 Å². The van der Waals surface area contributed by atoms with Crippen LogP contribution in [0.15, 0.2) is 6.33 Å². The third-order valence-corrected chi connectivity index (χ3v) is 3.34. The Morgan fingerprint density at radius 1 is 1.50 bits per heavy atom. The van der Waals surface area contributed by atoms with E-state index >= 15 is 0 Å². The van der Waals surface area contributed by atoms with Crippen molar-refractivity contribution in [2.45, 2.75) is 24.6 Å². The van der Waals surface area contributed by atoms with Crippen molar-refractivity contribution < 1.29 is 19.3 Å². The molecule has 3 heterocycles. The summed E-state index contributed by atoms with van der Waals surface area (Å²) in [6, 6.07) is 0. The second kappa shape index (κ2) is 4.77. The zero-order valence-electron chi connectivity index (χ0n) is 10.0. The highest BCUT2D eigenvalue weighted by Crippen LogP contribution is 2.34. The van der Waals surface area contributed by atoms with E-state index in [0.29, 0.717) is 0 Å². The fourth-order valence-corrected chi connectivity index (χ4v) is 2.35. The molecule has 108 valence electrons. The number of aliphatic hydroxyl groups excluding tert-OH is 2. The normalized spacial score (nSPS) is 30.2. The van der Waals surface area contributed by atoms with E-state index in [-0.39, 0.29) is 22.3 Å². The van der Waals surface area contributed by atoms with Crippen LogP contribution in [0.1, 0.15) is 6.23 Å². The Labute approximate surface area is 117 Å². The highest BCUT2D eigenvalue weighted by Gasteiger charge is 2.45. The molecule has 0 aromatic carbocycles. The Balaban J connectivity index is 2.07. The minimum absolute atomic E-state index is 0.0615. The number of hydrogen-bond donors (Lipinski definition) is 3. The van der Waals surface area contributed by atoms with Crippen LogP contribution < -0.4 is 5.73 Å². The van der Waals surface area contributed by atoms with Crippen molar-refractivity contribution in [3.8, 4) is 0 Å². The van der Waals surface area contributed by atoms with Gasteiger partial charge in [-0.2, -0.15) is 9.97 Å². The average molecular weight is 304 g/mol. The van der Waals surface area contributed by atoms with Crippen LogP contribution in [0.3, 0.4) is 0 Å². The van der Waals surface area contributed by atoms with E-state index < -0.39 is 31.2 Å². The first kappa shape index (κ1) is 13.4. The fraction of sp³-hybridized carbons (Fsp3) is 0.500. The summed E-state index contributed by atoms with van der Waals surface area (Å²) in [6.07, 6.45) is -4.08. The van der Waals surface area contributed by atoms with Gasteiger partial charge in [0.15, 0.2) is 23.9 Å². The largest absolute Gasteiger partial charge is 0.394 e. The number of nitrogens with two attached hydrogens (primary N) is 1. The van der Waals surface area contributed by atoms with Gasteiger partial charge in [-0.25, -0.2) is 9.37 Å². The van der Waals surface area contributed by atoms with Crippen LogP contribution in [0.2, 0.25) is 5.28 Å². The molecule has 1 aliphatic rings.